The number of carbonyl (C=O) groups is 1. The average molecular weight is 269 g/mol. The molecule has 1 saturated carbocycles. The van der Waals surface area contributed by atoms with E-state index in [0.717, 1.165) is 6.54 Å². The number of carbonyl (C=O) groups excluding carboxylic acids is 1. The lowest BCUT2D eigenvalue weighted by Crippen LogP contribution is -2.49. The lowest BCUT2D eigenvalue weighted by molar-refractivity contribution is -0.123. The normalized spacial score (nSPS) is 17.9. The molecular weight excluding hydrogens is 238 g/mol. The molecule has 0 aliphatic heterocycles. The predicted molar refractivity (Wildman–Crippen MR) is 79.9 cm³/mol. The molecule has 4 nitrogen and oxygen atoms in total. The molecule has 19 heavy (non-hydrogen) atoms. The summed E-state index contributed by atoms with van der Waals surface area (Å²) in [7, 11) is 0. The molecule has 1 aliphatic carbocycles. The minimum Gasteiger partial charge on any atom is -0.351 e. The third-order valence-corrected chi connectivity index (χ3v) is 3.27. The molecule has 0 bridgehead atoms. The second kappa shape index (κ2) is 6.71. The minimum absolute atomic E-state index is 0.109. The van der Waals surface area contributed by atoms with Crippen molar-refractivity contribution in [3.63, 3.8) is 0 Å². The van der Waals surface area contributed by atoms with Gasteiger partial charge in [-0.1, -0.05) is 13.8 Å². The predicted octanol–water partition coefficient (Wildman–Crippen LogP) is 1.74. The number of amides is 1. The second-order valence-electron chi connectivity index (χ2n) is 7.21. The average Bonchev–Trinajstić information content (AvgIpc) is 3.03. The van der Waals surface area contributed by atoms with E-state index in [2.05, 4.69) is 24.1 Å². The van der Waals surface area contributed by atoms with E-state index in [1.165, 1.54) is 12.8 Å². The summed E-state index contributed by atoms with van der Waals surface area (Å²) in [5, 5.41) is 3.03. The summed E-state index contributed by atoms with van der Waals surface area (Å²) in [5.41, 5.74) is 5.74. The van der Waals surface area contributed by atoms with Gasteiger partial charge >= 0.3 is 0 Å². The van der Waals surface area contributed by atoms with Crippen LogP contribution in [0.4, 0.5) is 0 Å². The van der Waals surface area contributed by atoms with E-state index < -0.39 is 0 Å². The van der Waals surface area contributed by atoms with Crippen molar-refractivity contribution in [2.75, 3.05) is 13.1 Å². The molecule has 1 amide bonds. The first-order valence-electron chi connectivity index (χ1n) is 7.49. The number of hydrogen-bond donors (Lipinski definition) is 2. The van der Waals surface area contributed by atoms with Gasteiger partial charge in [0, 0.05) is 37.1 Å². The molecule has 112 valence electrons. The molecule has 0 saturated heterocycles. The SMILES string of the molecule is CC(C)CN(C1CC1)C(CN)CC(=O)NC(C)(C)C. The van der Waals surface area contributed by atoms with Crippen LogP contribution in [0.1, 0.15) is 53.9 Å². The van der Waals surface area contributed by atoms with E-state index >= 15 is 0 Å². The second-order valence-corrected chi connectivity index (χ2v) is 7.21. The summed E-state index contributed by atoms with van der Waals surface area (Å²) in [4.78, 5) is 14.5. The highest BCUT2D eigenvalue weighted by Crippen LogP contribution is 2.30. The lowest BCUT2D eigenvalue weighted by Gasteiger charge is -2.33. The molecule has 0 spiro atoms. The van der Waals surface area contributed by atoms with Crippen molar-refractivity contribution in [2.45, 2.75) is 71.5 Å². The largest absolute Gasteiger partial charge is 0.351 e. The highest BCUT2D eigenvalue weighted by Gasteiger charge is 2.34. The third-order valence-electron chi connectivity index (χ3n) is 3.27. The van der Waals surface area contributed by atoms with Crippen molar-refractivity contribution in [1.29, 1.82) is 0 Å². The maximum absolute atomic E-state index is 12.1. The Bertz CT molecular complexity index is 292. The molecule has 0 aromatic rings. The van der Waals surface area contributed by atoms with E-state index in [0.29, 0.717) is 24.9 Å². The van der Waals surface area contributed by atoms with Crippen LogP contribution in [0, 0.1) is 5.92 Å². The first-order chi connectivity index (χ1) is 8.73. The van der Waals surface area contributed by atoms with Gasteiger partial charge in [-0.3, -0.25) is 9.69 Å². The van der Waals surface area contributed by atoms with Gasteiger partial charge in [-0.15, -0.1) is 0 Å². The van der Waals surface area contributed by atoms with Gasteiger partial charge in [-0.05, 0) is 39.5 Å². The van der Waals surface area contributed by atoms with Gasteiger partial charge in [0.2, 0.25) is 5.91 Å². The number of nitrogens with two attached hydrogens (primary N) is 1. The summed E-state index contributed by atoms with van der Waals surface area (Å²) in [5.74, 6) is 0.720. The summed E-state index contributed by atoms with van der Waals surface area (Å²) in [6.45, 7) is 12.1. The monoisotopic (exact) mass is 269 g/mol. The van der Waals surface area contributed by atoms with Crippen LogP contribution in [-0.4, -0.2) is 41.5 Å². The molecule has 0 radical (unpaired) electrons. The number of hydrogen-bond acceptors (Lipinski definition) is 3. The topological polar surface area (TPSA) is 58.4 Å². The van der Waals surface area contributed by atoms with Crippen molar-refractivity contribution in [3.8, 4) is 0 Å². The van der Waals surface area contributed by atoms with Crippen molar-refractivity contribution < 1.29 is 4.79 Å². The Morgan fingerprint density at radius 1 is 1.37 bits per heavy atom. The molecule has 0 aromatic carbocycles. The Hall–Kier alpha value is -0.610. The number of nitrogens with zero attached hydrogens (tertiary/aromatic N) is 1. The molecular formula is C15H31N3O. The van der Waals surface area contributed by atoms with E-state index in [4.69, 9.17) is 5.73 Å². The molecule has 1 atom stereocenters. The van der Waals surface area contributed by atoms with Gasteiger partial charge in [0.1, 0.15) is 0 Å². The maximum Gasteiger partial charge on any atom is 0.222 e. The highest BCUT2D eigenvalue weighted by molar-refractivity contribution is 5.77. The van der Waals surface area contributed by atoms with Crippen LogP contribution in [0.2, 0.25) is 0 Å². The molecule has 0 aromatic heterocycles. The minimum atomic E-state index is -0.168. The fourth-order valence-electron chi connectivity index (χ4n) is 2.44. The van der Waals surface area contributed by atoms with Crippen molar-refractivity contribution in [2.24, 2.45) is 11.7 Å². The first kappa shape index (κ1) is 16.4. The molecule has 4 heteroatoms. The van der Waals surface area contributed by atoms with Gasteiger partial charge in [0.25, 0.3) is 0 Å². The van der Waals surface area contributed by atoms with Gasteiger partial charge < -0.3 is 11.1 Å². The first-order valence-corrected chi connectivity index (χ1v) is 7.49. The van der Waals surface area contributed by atoms with Gasteiger partial charge in [-0.2, -0.15) is 0 Å². The van der Waals surface area contributed by atoms with E-state index in [1.807, 2.05) is 20.8 Å². The van der Waals surface area contributed by atoms with Crippen LogP contribution >= 0.6 is 0 Å². The van der Waals surface area contributed by atoms with Crippen molar-refractivity contribution in [3.05, 3.63) is 0 Å². The van der Waals surface area contributed by atoms with Gasteiger partial charge in [0.15, 0.2) is 0 Å². The van der Waals surface area contributed by atoms with E-state index in [9.17, 15) is 4.79 Å². The van der Waals surface area contributed by atoms with Gasteiger partial charge in [-0.25, -0.2) is 0 Å². The van der Waals surface area contributed by atoms with Crippen LogP contribution in [0.3, 0.4) is 0 Å². The van der Waals surface area contributed by atoms with E-state index in [-0.39, 0.29) is 17.5 Å². The van der Waals surface area contributed by atoms with Crippen LogP contribution in [-0.2, 0) is 4.79 Å². The summed E-state index contributed by atoms with van der Waals surface area (Å²) in [6, 6.07) is 0.829. The fourth-order valence-corrected chi connectivity index (χ4v) is 2.44. The Labute approximate surface area is 118 Å². The van der Waals surface area contributed by atoms with E-state index in [1.54, 1.807) is 0 Å². The molecule has 1 rings (SSSR count). The Balaban J connectivity index is 2.56. The zero-order valence-corrected chi connectivity index (χ0v) is 13.2. The van der Waals surface area contributed by atoms with Crippen LogP contribution < -0.4 is 11.1 Å². The molecule has 1 aliphatic rings. The molecule has 1 unspecified atom stereocenters. The zero-order chi connectivity index (χ0) is 14.6. The maximum atomic E-state index is 12.1. The lowest BCUT2D eigenvalue weighted by atomic mass is 10.1. The summed E-state index contributed by atoms with van der Waals surface area (Å²) >= 11 is 0. The smallest absolute Gasteiger partial charge is 0.222 e. The summed E-state index contributed by atoms with van der Waals surface area (Å²) in [6.07, 6.45) is 3.02. The third kappa shape index (κ3) is 6.39. The quantitative estimate of drug-likeness (QED) is 0.740. The summed E-state index contributed by atoms with van der Waals surface area (Å²) < 4.78 is 0. The van der Waals surface area contributed by atoms with Crippen molar-refractivity contribution >= 4 is 5.91 Å². The highest BCUT2D eigenvalue weighted by atomic mass is 16.1. The Morgan fingerprint density at radius 2 is 1.95 bits per heavy atom. The fraction of sp³-hybridized carbons (Fsp3) is 0.933. The standard InChI is InChI=1S/C15H31N3O/c1-11(2)10-18(12-6-7-12)13(9-16)8-14(19)17-15(3,4)5/h11-13H,6-10,16H2,1-5H3,(H,17,19). The number of nitrogens with one attached hydrogen (secondary N) is 1. The molecule has 3 N–H and O–H groups in total. The van der Waals surface area contributed by atoms with Crippen LogP contribution in [0.5, 0.6) is 0 Å². The molecule has 0 heterocycles. The van der Waals surface area contributed by atoms with Gasteiger partial charge in [0.05, 0.1) is 0 Å². The molecule has 1 fully saturated rings. The van der Waals surface area contributed by atoms with Crippen LogP contribution in [0.25, 0.3) is 0 Å². The Morgan fingerprint density at radius 3 is 2.32 bits per heavy atom. The zero-order valence-electron chi connectivity index (χ0n) is 13.2. The Kier molecular flexibility index (Phi) is 5.81. The van der Waals surface area contributed by atoms with Crippen LogP contribution in [0.15, 0.2) is 0 Å². The number of rotatable bonds is 7. The van der Waals surface area contributed by atoms with Crippen molar-refractivity contribution in [1.82, 2.24) is 10.2 Å².